The molecule has 4 atom stereocenters. The first-order valence-electron chi connectivity index (χ1n) is 9.00. The molecule has 0 bridgehead atoms. The Kier molecular flexibility index (Phi) is 5.71. The van der Waals surface area contributed by atoms with Crippen molar-refractivity contribution < 1.29 is 19.1 Å². The molecule has 4 nitrogen and oxygen atoms in total. The quantitative estimate of drug-likeness (QED) is 0.774. The lowest BCUT2D eigenvalue weighted by atomic mass is 9.72. The van der Waals surface area contributed by atoms with Crippen molar-refractivity contribution in [2.75, 3.05) is 0 Å². The van der Waals surface area contributed by atoms with Crippen molar-refractivity contribution in [3.8, 4) is 0 Å². The molecule has 0 radical (unpaired) electrons. The Balaban J connectivity index is 1.99. The highest BCUT2D eigenvalue weighted by molar-refractivity contribution is 5.67. The molecular formula is C22H24O4. The zero-order valence-corrected chi connectivity index (χ0v) is 15.1. The standard InChI is InChI=1S/C22H24O4/c1-15(23)25-21-19(17-9-5-3-6-10-17)13-14-20(22(21)26-16(2)24)18-11-7-4-8-12-18/h3-12,19-22H,13-14H2,1-2H3/t19-,20+,21-,22-/m1/s1. The third-order valence-corrected chi connectivity index (χ3v) is 4.97. The first kappa shape index (κ1) is 18.2. The van der Waals surface area contributed by atoms with Crippen molar-refractivity contribution in [2.24, 2.45) is 0 Å². The maximum absolute atomic E-state index is 11.8. The molecule has 0 aromatic heterocycles. The maximum Gasteiger partial charge on any atom is 0.303 e. The van der Waals surface area contributed by atoms with Gasteiger partial charge in [0.05, 0.1) is 0 Å². The lowest BCUT2D eigenvalue weighted by Gasteiger charge is -2.42. The number of hydrogen-bond acceptors (Lipinski definition) is 4. The Morgan fingerprint density at radius 3 is 1.35 bits per heavy atom. The molecule has 2 aromatic rings. The van der Waals surface area contributed by atoms with Crippen LogP contribution in [0.3, 0.4) is 0 Å². The fourth-order valence-corrected chi connectivity index (χ4v) is 3.94. The lowest BCUT2D eigenvalue weighted by molar-refractivity contribution is -0.173. The molecule has 0 N–H and O–H groups in total. The van der Waals surface area contributed by atoms with Gasteiger partial charge in [-0.2, -0.15) is 0 Å². The molecule has 136 valence electrons. The highest BCUT2D eigenvalue weighted by Crippen LogP contribution is 2.43. The van der Waals surface area contributed by atoms with Gasteiger partial charge in [-0.3, -0.25) is 9.59 Å². The molecule has 2 aromatic carbocycles. The van der Waals surface area contributed by atoms with Gasteiger partial charge in [0.25, 0.3) is 0 Å². The van der Waals surface area contributed by atoms with Crippen LogP contribution < -0.4 is 0 Å². The highest BCUT2D eigenvalue weighted by Gasteiger charge is 2.44. The summed E-state index contributed by atoms with van der Waals surface area (Å²) in [4.78, 5) is 23.6. The summed E-state index contributed by atoms with van der Waals surface area (Å²) in [6.45, 7) is 2.80. The van der Waals surface area contributed by atoms with E-state index in [0.29, 0.717) is 0 Å². The van der Waals surface area contributed by atoms with E-state index < -0.39 is 12.2 Å². The smallest absolute Gasteiger partial charge is 0.303 e. The molecule has 26 heavy (non-hydrogen) atoms. The number of hydrogen-bond donors (Lipinski definition) is 0. The van der Waals surface area contributed by atoms with E-state index >= 15 is 0 Å². The largest absolute Gasteiger partial charge is 0.458 e. The van der Waals surface area contributed by atoms with Crippen LogP contribution in [0.25, 0.3) is 0 Å². The number of carbonyl (C=O) groups excluding carboxylic acids is 2. The number of ether oxygens (including phenoxy) is 2. The molecule has 1 aliphatic carbocycles. The normalized spacial score (nSPS) is 25.3. The van der Waals surface area contributed by atoms with E-state index in [0.717, 1.165) is 24.0 Å². The second-order valence-electron chi connectivity index (χ2n) is 6.76. The van der Waals surface area contributed by atoms with Crippen LogP contribution in [0, 0.1) is 0 Å². The van der Waals surface area contributed by atoms with Crippen molar-refractivity contribution >= 4 is 11.9 Å². The molecular weight excluding hydrogens is 328 g/mol. The second-order valence-corrected chi connectivity index (χ2v) is 6.76. The van der Waals surface area contributed by atoms with Gasteiger partial charge in [-0.25, -0.2) is 0 Å². The second kappa shape index (κ2) is 8.17. The maximum atomic E-state index is 11.8. The fraction of sp³-hybridized carbons (Fsp3) is 0.364. The van der Waals surface area contributed by atoms with Gasteiger partial charge in [0.1, 0.15) is 12.2 Å². The van der Waals surface area contributed by atoms with Crippen LogP contribution in [0.4, 0.5) is 0 Å². The van der Waals surface area contributed by atoms with Gasteiger partial charge >= 0.3 is 11.9 Å². The first-order valence-corrected chi connectivity index (χ1v) is 9.00. The van der Waals surface area contributed by atoms with Crippen molar-refractivity contribution in [2.45, 2.75) is 50.7 Å². The van der Waals surface area contributed by atoms with Crippen LogP contribution in [0.5, 0.6) is 0 Å². The van der Waals surface area contributed by atoms with Gasteiger partial charge in [0.2, 0.25) is 0 Å². The van der Waals surface area contributed by atoms with Crippen molar-refractivity contribution in [1.29, 1.82) is 0 Å². The van der Waals surface area contributed by atoms with E-state index in [-0.39, 0.29) is 23.8 Å². The average molecular weight is 352 g/mol. The van der Waals surface area contributed by atoms with Crippen LogP contribution in [-0.4, -0.2) is 24.1 Å². The fourth-order valence-electron chi connectivity index (χ4n) is 3.94. The van der Waals surface area contributed by atoms with Crippen molar-refractivity contribution in [3.05, 3.63) is 71.8 Å². The van der Waals surface area contributed by atoms with E-state index in [1.807, 2.05) is 60.7 Å². The van der Waals surface area contributed by atoms with Crippen LogP contribution in [0.1, 0.15) is 49.7 Å². The zero-order valence-electron chi connectivity index (χ0n) is 15.1. The summed E-state index contributed by atoms with van der Waals surface area (Å²) < 4.78 is 11.4. The topological polar surface area (TPSA) is 52.6 Å². The first-order chi connectivity index (χ1) is 12.6. The monoisotopic (exact) mass is 352 g/mol. The SMILES string of the molecule is CC(=O)O[C@H]1[C@H](OC(C)=O)[C@H](c2ccccc2)CC[C@@H]1c1ccccc1. The van der Waals surface area contributed by atoms with Crippen molar-refractivity contribution in [1.82, 2.24) is 0 Å². The van der Waals surface area contributed by atoms with Crippen LogP contribution >= 0.6 is 0 Å². The van der Waals surface area contributed by atoms with Gasteiger partial charge in [-0.05, 0) is 24.0 Å². The Hall–Kier alpha value is -2.62. The van der Waals surface area contributed by atoms with Crippen LogP contribution in [0.15, 0.2) is 60.7 Å². The van der Waals surface area contributed by atoms with Gasteiger partial charge in [0.15, 0.2) is 0 Å². The Morgan fingerprint density at radius 2 is 1.04 bits per heavy atom. The molecule has 0 heterocycles. The Bertz CT molecular complexity index is 676. The Labute approximate surface area is 154 Å². The third-order valence-electron chi connectivity index (χ3n) is 4.97. The molecule has 0 amide bonds. The van der Waals surface area contributed by atoms with Gasteiger partial charge < -0.3 is 9.47 Å². The number of esters is 2. The van der Waals surface area contributed by atoms with Crippen LogP contribution in [-0.2, 0) is 19.1 Å². The molecule has 1 saturated carbocycles. The van der Waals surface area contributed by atoms with Crippen molar-refractivity contribution in [3.63, 3.8) is 0 Å². The number of carbonyl (C=O) groups is 2. The molecule has 0 spiro atoms. The predicted octanol–water partition coefficient (Wildman–Crippen LogP) is 4.21. The molecule has 0 aliphatic heterocycles. The van der Waals surface area contributed by atoms with Gasteiger partial charge in [-0.15, -0.1) is 0 Å². The highest BCUT2D eigenvalue weighted by atomic mass is 16.6. The minimum absolute atomic E-state index is 0.00409. The summed E-state index contributed by atoms with van der Waals surface area (Å²) in [6, 6.07) is 20.0. The number of rotatable bonds is 4. The summed E-state index contributed by atoms with van der Waals surface area (Å²) in [5.41, 5.74) is 2.20. The Morgan fingerprint density at radius 1 is 0.692 bits per heavy atom. The van der Waals surface area contributed by atoms with Gasteiger partial charge in [-0.1, -0.05) is 60.7 Å². The molecule has 0 saturated heterocycles. The third kappa shape index (κ3) is 4.13. The van der Waals surface area contributed by atoms with E-state index in [9.17, 15) is 9.59 Å². The molecule has 1 fully saturated rings. The summed E-state index contributed by atoms with van der Waals surface area (Å²) in [5.74, 6) is -0.711. The van der Waals surface area contributed by atoms with E-state index in [2.05, 4.69) is 0 Å². The molecule has 0 unspecified atom stereocenters. The molecule has 3 rings (SSSR count). The molecule has 4 heteroatoms. The minimum atomic E-state index is -0.502. The predicted molar refractivity (Wildman–Crippen MR) is 98.7 cm³/mol. The summed E-state index contributed by atoms with van der Waals surface area (Å²) in [6.07, 6.45) is 0.717. The van der Waals surface area contributed by atoms with E-state index in [4.69, 9.17) is 9.47 Å². The average Bonchev–Trinajstić information content (AvgIpc) is 2.63. The summed E-state index contributed by atoms with van der Waals surface area (Å²) in [5, 5.41) is 0. The minimum Gasteiger partial charge on any atom is -0.458 e. The van der Waals surface area contributed by atoms with E-state index in [1.165, 1.54) is 13.8 Å². The summed E-state index contributed by atoms with van der Waals surface area (Å²) >= 11 is 0. The van der Waals surface area contributed by atoms with E-state index in [1.54, 1.807) is 0 Å². The molecule has 1 aliphatic rings. The van der Waals surface area contributed by atoms with Gasteiger partial charge in [0, 0.05) is 25.7 Å². The number of benzene rings is 2. The summed E-state index contributed by atoms with van der Waals surface area (Å²) in [7, 11) is 0. The lowest BCUT2D eigenvalue weighted by Crippen LogP contribution is -2.46. The van der Waals surface area contributed by atoms with Crippen LogP contribution in [0.2, 0.25) is 0 Å². The zero-order chi connectivity index (χ0) is 18.5.